The molecule has 2 N–H and O–H groups in total. The first kappa shape index (κ1) is 31.6. The summed E-state index contributed by atoms with van der Waals surface area (Å²) < 4.78 is 12.5. The number of fused-ring (bicyclic) bond motifs is 9. The van der Waals surface area contributed by atoms with Gasteiger partial charge in [-0.15, -0.1) is 11.3 Å². The molecular formula is C33H40N4O6S. The number of rotatable bonds is 5. The van der Waals surface area contributed by atoms with Gasteiger partial charge in [-0.25, -0.2) is 4.98 Å². The van der Waals surface area contributed by atoms with Crippen LogP contribution in [0.1, 0.15) is 46.0 Å². The lowest BCUT2D eigenvalue weighted by Crippen LogP contribution is -2.58. The maximum atomic E-state index is 13.4. The number of aromatic nitrogens is 1. The smallest absolute Gasteiger partial charge is 0.239 e. The summed E-state index contributed by atoms with van der Waals surface area (Å²) in [4.78, 5) is 48.6. The second kappa shape index (κ2) is 14.8. The number of thiazole rings is 1. The molecule has 0 saturated carbocycles. The van der Waals surface area contributed by atoms with Gasteiger partial charge in [-0.1, -0.05) is 24.3 Å². The maximum absolute atomic E-state index is 13.4. The number of carbonyl (C=O) groups excluding carboxylic acids is 3. The van der Waals surface area contributed by atoms with Crippen molar-refractivity contribution in [3.05, 3.63) is 75.2 Å². The molecule has 234 valence electrons. The van der Waals surface area contributed by atoms with E-state index in [0.29, 0.717) is 50.5 Å². The van der Waals surface area contributed by atoms with Crippen LogP contribution in [0.2, 0.25) is 0 Å². The van der Waals surface area contributed by atoms with Crippen molar-refractivity contribution < 1.29 is 29.0 Å². The Morgan fingerprint density at radius 3 is 2.66 bits per heavy atom. The molecule has 6 rings (SSSR count). The number of hydrogen-bond acceptors (Lipinski definition) is 8. The molecule has 1 aromatic heterocycles. The number of amides is 3. The van der Waals surface area contributed by atoms with E-state index in [0.717, 1.165) is 26.7 Å². The predicted molar refractivity (Wildman–Crippen MR) is 167 cm³/mol. The summed E-state index contributed by atoms with van der Waals surface area (Å²) in [7, 11) is 0. The average molecular weight is 621 g/mol. The van der Waals surface area contributed by atoms with Crippen LogP contribution in [0.4, 0.5) is 0 Å². The fraction of sp³-hybridized carbons (Fsp3) is 0.455. The van der Waals surface area contributed by atoms with Crippen LogP contribution < -0.4 is 10.1 Å². The molecule has 3 aliphatic rings. The van der Waals surface area contributed by atoms with E-state index in [4.69, 9.17) is 9.47 Å². The number of hydrogen-bond donors (Lipinski definition) is 2. The van der Waals surface area contributed by atoms with Gasteiger partial charge in [-0.2, -0.15) is 0 Å². The van der Waals surface area contributed by atoms with Gasteiger partial charge in [0.05, 0.1) is 42.4 Å². The summed E-state index contributed by atoms with van der Waals surface area (Å²) in [6, 6.07) is 14.9. The van der Waals surface area contributed by atoms with E-state index in [1.807, 2.05) is 62.4 Å². The van der Waals surface area contributed by atoms with Gasteiger partial charge in [0.2, 0.25) is 17.7 Å². The number of aliphatic hydroxyl groups is 1. The summed E-state index contributed by atoms with van der Waals surface area (Å²) >= 11 is 1.53. The van der Waals surface area contributed by atoms with Crippen LogP contribution in [0.25, 0.3) is 0 Å². The molecule has 44 heavy (non-hydrogen) atoms. The molecule has 2 aromatic carbocycles. The number of piperidine rings is 1. The Balaban J connectivity index is 1.36. The summed E-state index contributed by atoms with van der Waals surface area (Å²) in [5.41, 5.74) is 2.78. The number of aryl methyl sites for hydroxylation is 3. The van der Waals surface area contributed by atoms with Crippen LogP contribution in [0.15, 0.2) is 48.5 Å². The number of ether oxygens (including phenoxy) is 2. The zero-order valence-corrected chi connectivity index (χ0v) is 26.1. The van der Waals surface area contributed by atoms with Crippen molar-refractivity contribution in [2.45, 2.75) is 64.7 Å². The Hall–Kier alpha value is -3.80. The second-order valence-corrected chi connectivity index (χ2v) is 12.6. The van der Waals surface area contributed by atoms with Crippen molar-refractivity contribution in [1.29, 1.82) is 0 Å². The van der Waals surface area contributed by atoms with Crippen LogP contribution >= 0.6 is 11.3 Å². The van der Waals surface area contributed by atoms with Gasteiger partial charge < -0.3 is 29.7 Å². The molecule has 1 fully saturated rings. The monoisotopic (exact) mass is 620 g/mol. The van der Waals surface area contributed by atoms with Crippen LogP contribution in [0.5, 0.6) is 11.5 Å². The van der Waals surface area contributed by atoms with Crippen LogP contribution in [0, 0.1) is 13.8 Å². The molecule has 3 amide bonds. The molecule has 4 bridgehead atoms. The summed E-state index contributed by atoms with van der Waals surface area (Å²) in [6.45, 7) is 5.01. The zero-order chi connectivity index (χ0) is 31.1. The van der Waals surface area contributed by atoms with Crippen LogP contribution in [0.3, 0.4) is 0 Å². The summed E-state index contributed by atoms with van der Waals surface area (Å²) in [5, 5.41) is 13.4. The molecule has 2 atom stereocenters. The number of aliphatic hydroxyl groups excluding tert-OH is 1. The average Bonchev–Trinajstić information content (AvgIpc) is 3.33. The Morgan fingerprint density at radius 1 is 1.09 bits per heavy atom. The molecule has 0 aliphatic carbocycles. The van der Waals surface area contributed by atoms with E-state index in [9.17, 15) is 19.5 Å². The van der Waals surface area contributed by atoms with Gasteiger partial charge in [-0.05, 0) is 68.5 Å². The lowest BCUT2D eigenvalue weighted by Gasteiger charge is -2.39. The highest BCUT2D eigenvalue weighted by Crippen LogP contribution is 2.25. The number of likely N-dealkylation sites (tertiary alicyclic amines) is 1. The third-order valence-electron chi connectivity index (χ3n) is 7.98. The number of nitrogens with zero attached hydrogens (tertiary/aromatic N) is 3. The van der Waals surface area contributed by atoms with Crippen molar-refractivity contribution >= 4 is 29.1 Å². The lowest BCUT2D eigenvalue weighted by molar-refractivity contribution is -0.139. The normalized spacial score (nSPS) is 19.8. The van der Waals surface area contributed by atoms with Crippen molar-refractivity contribution in [3.8, 4) is 11.5 Å². The molecule has 1 saturated heterocycles. The van der Waals surface area contributed by atoms with Crippen LogP contribution in [-0.4, -0.2) is 82.5 Å². The molecule has 4 heterocycles. The third kappa shape index (κ3) is 8.43. The van der Waals surface area contributed by atoms with Gasteiger partial charge >= 0.3 is 0 Å². The quantitative estimate of drug-likeness (QED) is 0.448. The SMILES string of the molecule is Cc1nc(C)c(CC(=O)N2CC[C@@H]3OCc4cccc(c4)Oc4ccc(cc4)CCC(=O)N(CCCO)CC(=O)N[C@H]3C2)s1. The van der Waals surface area contributed by atoms with Gasteiger partial charge in [0.25, 0.3) is 0 Å². The standard InChI is InChI=1S/C33H40N4O6S/c1-22-30(44-23(2)34-22)18-33(41)37-15-13-29-28(19-37)35-31(39)20-36(14-4-16-38)32(40)12-9-24-7-10-26(11-8-24)43-27-6-3-5-25(17-27)21-42-29/h3,5-8,10-11,17,28-29,38H,4,9,12-16,18-21H2,1-2H3,(H,35,39)/t28-,29-/m0/s1. The van der Waals surface area contributed by atoms with Crippen molar-refractivity contribution in [3.63, 3.8) is 0 Å². The molecule has 0 unspecified atom stereocenters. The highest BCUT2D eigenvalue weighted by atomic mass is 32.1. The van der Waals surface area contributed by atoms with E-state index < -0.39 is 6.04 Å². The van der Waals surface area contributed by atoms with Gasteiger partial charge in [-0.3, -0.25) is 14.4 Å². The number of carbonyl (C=O) groups is 3. The lowest BCUT2D eigenvalue weighted by atomic mass is 10.0. The number of benzene rings is 2. The predicted octanol–water partition coefficient (Wildman–Crippen LogP) is 3.55. The first-order chi connectivity index (χ1) is 21.3. The number of nitrogens with one attached hydrogen (secondary N) is 1. The van der Waals surface area contributed by atoms with Crippen LogP contribution in [-0.2, 0) is 38.6 Å². The van der Waals surface area contributed by atoms with Gasteiger partial charge in [0.1, 0.15) is 11.5 Å². The minimum Gasteiger partial charge on any atom is -0.457 e. The third-order valence-corrected chi connectivity index (χ3v) is 9.06. The fourth-order valence-electron chi connectivity index (χ4n) is 5.63. The Kier molecular flexibility index (Phi) is 10.6. The minimum absolute atomic E-state index is 0.0172. The molecular weight excluding hydrogens is 580 g/mol. The fourth-order valence-corrected chi connectivity index (χ4v) is 6.56. The van der Waals surface area contributed by atoms with E-state index in [2.05, 4.69) is 10.3 Å². The molecule has 10 nitrogen and oxygen atoms in total. The van der Waals surface area contributed by atoms with Gasteiger partial charge in [0.15, 0.2) is 0 Å². The summed E-state index contributed by atoms with van der Waals surface area (Å²) in [5.74, 6) is 0.875. The molecule has 3 aliphatic heterocycles. The first-order valence-electron chi connectivity index (χ1n) is 15.1. The zero-order valence-electron chi connectivity index (χ0n) is 25.3. The Bertz CT molecular complexity index is 1460. The van der Waals surface area contributed by atoms with Gasteiger partial charge in [0, 0.05) is 37.5 Å². The molecule has 11 heteroatoms. The minimum atomic E-state index is -0.462. The summed E-state index contributed by atoms with van der Waals surface area (Å²) in [6.07, 6.45) is 1.59. The van der Waals surface area contributed by atoms with E-state index in [-0.39, 0.29) is 56.4 Å². The molecule has 3 aromatic rings. The highest BCUT2D eigenvalue weighted by Gasteiger charge is 2.34. The first-order valence-corrected chi connectivity index (χ1v) is 15.9. The highest BCUT2D eigenvalue weighted by molar-refractivity contribution is 7.11. The molecule has 0 spiro atoms. The second-order valence-electron chi connectivity index (χ2n) is 11.4. The van der Waals surface area contributed by atoms with E-state index in [1.54, 1.807) is 4.90 Å². The largest absolute Gasteiger partial charge is 0.457 e. The Labute approximate surface area is 262 Å². The Morgan fingerprint density at radius 2 is 1.91 bits per heavy atom. The van der Waals surface area contributed by atoms with Crippen molar-refractivity contribution in [2.24, 2.45) is 0 Å². The molecule has 0 radical (unpaired) electrons. The van der Waals surface area contributed by atoms with E-state index >= 15 is 0 Å². The topological polar surface area (TPSA) is 121 Å². The van der Waals surface area contributed by atoms with Crippen molar-refractivity contribution in [1.82, 2.24) is 20.1 Å². The van der Waals surface area contributed by atoms with Crippen molar-refractivity contribution in [2.75, 3.05) is 32.8 Å². The van der Waals surface area contributed by atoms with E-state index in [1.165, 1.54) is 16.2 Å². The maximum Gasteiger partial charge on any atom is 0.239 e.